The molecule has 0 aliphatic heterocycles. The monoisotopic (exact) mass is 324 g/mol. The van der Waals surface area contributed by atoms with Crippen molar-refractivity contribution in [3.05, 3.63) is 65.4 Å². The first-order valence-corrected chi connectivity index (χ1v) is 7.30. The highest BCUT2D eigenvalue weighted by atomic mass is 16.5. The zero-order valence-electron chi connectivity index (χ0n) is 13.0. The number of benzene rings is 2. The normalized spacial score (nSPS) is 10.5. The van der Waals surface area contributed by atoms with Crippen molar-refractivity contribution in [1.82, 2.24) is 4.98 Å². The van der Waals surface area contributed by atoms with Crippen molar-refractivity contribution in [1.29, 1.82) is 0 Å². The fraction of sp³-hybridized carbons (Fsp3) is 0.111. The van der Waals surface area contributed by atoms with Gasteiger partial charge < -0.3 is 20.2 Å². The smallest absolute Gasteiger partial charge is 0.338 e. The van der Waals surface area contributed by atoms with Crippen molar-refractivity contribution in [2.75, 3.05) is 7.11 Å². The molecule has 2 aromatic carbocycles. The quantitative estimate of drug-likeness (QED) is 0.705. The van der Waals surface area contributed by atoms with Gasteiger partial charge in [0.1, 0.15) is 18.1 Å². The van der Waals surface area contributed by atoms with E-state index in [1.165, 1.54) is 7.11 Å². The molecule has 3 aromatic rings. The highest BCUT2D eigenvalue weighted by Crippen LogP contribution is 2.23. The SMILES string of the molecule is COC(=O)c1ccccc1COc1ccc2cc(C(N)=O)[nH]c2c1. The number of H-pyrrole nitrogens is 1. The molecule has 6 nitrogen and oxygen atoms in total. The molecule has 1 aromatic heterocycles. The van der Waals surface area contributed by atoms with Crippen LogP contribution in [0.5, 0.6) is 5.75 Å². The molecule has 0 unspecified atom stereocenters. The molecule has 3 rings (SSSR count). The molecule has 0 aliphatic carbocycles. The van der Waals surface area contributed by atoms with Gasteiger partial charge in [-0.2, -0.15) is 0 Å². The lowest BCUT2D eigenvalue weighted by molar-refractivity contribution is 0.0597. The topological polar surface area (TPSA) is 94.4 Å². The third-order valence-corrected chi connectivity index (χ3v) is 3.68. The van der Waals surface area contributed by atoms with Crippen LogP contribution in [0, 0.1) is 0 Å². The second-order valence-corrected chi connectivity index (χ2v) is 5.23. The maximum absolute atomic E-state index is 11.8. The van der Waals surface area contributed by atoms with E-state index in [4.69, 9.17) is 15.2 Å². The Labute approximate surface area is 138 Å². The van der Waals surface area contributed by atoms with Crippen LogP contribution in [0.4, 0.5) is 0 Å². The Kier molecular flexibility index (Phi) is 4.20. The van der Waals surface area contributed by atoms with Crippen LogP contribution in [0.1, 0.15) is 26.4 Å². The van der Waals surface area contributed by atoms with Crippen LogP contribution in [-0.4, -0.2) is 24.0 Å². The summed E-state index contributed by atoms with van der Waals surface area (Å²) < 4.78 is 10.5. The predicted molar refractivity (Wildman–Crippen MR) is 88.9 cm³/mol. The molecule has 6 heteroatoms. The van der Waals surface area contributed by atoms with Crippen molar-refractivity contribution in [2.24, 2.45) is 5.73 Å². The van der Waals surface area contributed by atoms with Gasteiger partial charge in [-0.15, -0.1) is 0 Å². The van der Waals surface area contributed by atoms with Crippen molar-refractivity contribution >= 4 is 22.8 Å². The molecule has 1 amide bonds. The first-order valence-electron chi connectivity index (χ1n) is 7.30. The largest absolute Gasteiger partial charge is 0.489 e. The van der Waals surface area contributed by atoms with Crippen molar-refractivity contribution in [3.8, 4) is 5.75 Å². The molecule has 0 fully saturated rings. The molecule has 1 heterocycles. The summed E-state index contributed by atoms with van der Waals surface area (Å²) in [7, 11) is 1.34. The maximum Gasteiger partial charge on any atom is 0.338 e. The van der Waals surface area contributed by atoms with Gasteiger partial charge in [0.05, 0.1) is 12.7 Å². The minimum Gasteiger partial charge on any atom is -0.489 e. The average Bonchev–Trinajstić information content (AvgIpc) is 3.03. The molecule has 3 N–H and O–H groups in total. The number of primary amides is 1. The Morgan fingerprint density at radius 1 is 1.12 bits per heavy atom. The average molecular weight is 324 g/mol. The summed E-state index contributed by atoms with van der Waals surface area (Å²) in [6.07, 6.45) is 0. The third kappa shape index (κ3) is 3.08. The van der Waals surface area contributed by atoms with E-state index in [1.807, 2.05) is 18.2 Å². The Bertz CT molecular complexity index is 914. The standard InChI is InChI=1S/C18H16N2O4/c1-23-18(22)14-5-3-2-4-12(14)10-24-13-7-6-11-8-16(17(19)21)20-15(11)9-13/h2-9,20H,10H2,1H3,(H2,19,21). The number of hydrogen-bond donors (Lipinski definition) is 2. The number of amides is 1. The second kappa shape index (κ2) is 6.45. The zero-order valence-corrected chi connectivity index (χ0v) is 13.0. The number of esters is 1. The first-order chi connectivity index (χ1) is 11.6. The molecular formula is C18H16N2O4. The molecule has 122 valence electrons. The number of methoxy groups -OCH3 is 1. The van der Waals surface area contributed by atoms with E-state index in [0.717, 1.165) is 16.5 Å². The molecule has 0 bridgehead atoms. The molecule has 0 aliphatic rings. The van der Waals surface area contributed by atoms with Gasteiger partial charge in [0.15, 0.2) is 0 Å². The van der Waals surface area contributed by atoms with Gasteiger partial charge in [-0.25, -0.2) is 4.79 Å². The van der Waals surface area contributed by atoms with Gasteiger partial charge in [0.25, 0.3) is 5.91 Å². The predicted octanol–water partition coefficient (Wildman–Crippen LogP) is 2.63. The van der Waals surface area contributed by atoms with Crippen LogP contribution in [0.25, 0.3) is 10.9 Å². The third-order valence-electron chi connectivity index (χ3n) is 3.68. The summed E-state index contributed by atoms with van der Waals surface area (Å²) in [5, 5.41) is 0.867. The lowest BCUT2D eigenvalue weighted by Gasteiger charge is -2.10. The minimum absolute atomic E-state index is 0.222. The molecular weight excluding hydrogens is 308 g/mol. The number of rotatable bonds is 5. The fourth-order valence-corrected chi connectivity index (χ4v) is 2.45. The number of carbonyl (C=O) groups excluding carboxylic acids is 2. The van der Waals surface area contributed by atoms with E-state index in [2.05, 4.69) is 4.98 Å². The zero-order chi connectivity index (χ0) is 17.1. The highest BCUT2D eigenvalue weighted by Gasteiger charge is 2.12. The molecule has 0 saturated heterocycles. The fourth-order valence-electron chi connectivity index (χ4n) is 2.45. The summed E-state index contributed by atoms with van der Waals surface area (Å²) in [4.78, 5) is 25.9. The summed E-state index contributed by atoms with van der Waals surface area (Å²) in [5.74, 6) is -0.305. The first kappa shape index (κ1) is 15.6. The summed E-state index contributed by atoms with van der Waals surface area (Å²) in [6.45, 7) is 0.222. The van der Waals surface area contributed by atoms with Crippen LogP contribution < -0.4 is 10.5 Å². The van der Waals surface area contributed by atoms with Gasteiger partial charge in [-0.1, -0.05) is 18.2 Å². The van der Waals surface area contributed by atoms with Crippen LogP contribution >= 0.6 is 0 Å². The van der Waals surface area contributed by atoms with Gasteiger partial charge >= 0.3 is 5.97 Å². The number of fused-ring (bicyclic) bond motifs is 1. The maximum atomic E-state index is 11.8. The van der Waals surface area contributed by atoms with Crippen LogP contribution in [0.2, 0.25) is 0 Å². The lowest BCUT2D eigenvalue weighted by atomic mass is 10.1. The van der Waals surface area contributed by atoms with E-state index in [0.29, 0.717) is 17.0 Å². The molecule has 0 atom stereocenters. The van der Waals surface area contributed by atoms with E-state index in [9.17, 15) is 9.59 Å². The van der Waals surface area contributed by atoms with Crippen molar-refractivity contribution in [2.45, 2.75) is 6.61 Å². The van der Waals surface area contributed by atoms with E-state index < -0.39 is 11.9 Å². The number of carbonyl (C=O) groups is 2. The van der Waals surface area contributed by atoms with Crippen LogP contribution in [0.15, 0.2) is 48.5 Å². The molecule has 0 saturated carbocycles. The Balaban J connectivity index is 1.81. The number of nitrogens with two attached hydrogens (primary N) is 1. The number of aromatic nitrogens is 1. The van der Waals surface area contributed by atoms with Gasteiger partial charge in [0.2, 0.25) is 0 Å². The number of aromatic amines is 1. The van der Waals surface area contributed by atoms with Crippen molar-refractivity contribution in [3.63, 3.8) is 0 Å². The van der Waals surface area contributed by atoms with Gasteiger partial charge in [-0.05, 0) is 24.3 Å². The Hall–Kier alpha value is -3.28. The second-order valence-electron chi connectivity index (χ2n) is 5.23. The van der Waals surface area contributed by atoms with Crippen molar-refractivity contribution < 1.29 is 19.1 Å². The number of hydrogen-bond acceptors (Lipinski definition) is 4. The molecule has 0 spiro atoms. The van der Waals surface area contributed by atoms with E-state index in [1.54, 1.807) is 30.3 Å². The minimum atomic E-state index is -0.513. The van der Waals surface area contributed by atoms with Gasteiger partial charge in [-0.3, -0.25) is 4.79 Å². The molecule has 0 radical (unpaired) electrons. The number of ether oxygens (including phenoxy) is 2. The Morgan fingerprint density at radius 2 is 1.92 bits per heavy atom. The summed E-state index contributed by atoms with van der Waals surface area (Å²) in [5.41, 5.74) is 7.56. The molecule has 24 heavy (non-hydrogen) atoms. The lowest BCUT2D eigenvalue weighted by Crippen LogP contribution is -2.10. The Morgan fingerprint density at radius 3 is 2.67 bits per heavy atom. The van der Waals surface area contributed by atoms with E-state index >= 15 is 0 Å². The van der Waals surface area contributed by atoms with Crippen LogP contribution in [-0.2, 0) is 11.3 Å². The summed E-state index contributed by atoms with van der Waals surface area (Å²) in [6, 6.07) is 14.2. The highest BCUT2D eigenvalue weighted by molar-refractivity contribution is 5.97. The van der Waals surface area contributed by atoms with Gasteiger partial charge in [0, 0.05) is 22.5 Å². The van der Waals surface area contributed by atoms with E-state index in [-0.39, 0.29) is 6.61 Å². The number of nitrogens with one attached hydrogen (secondary N) is 1. The van der Waals surface area contributed by atoms with Crippen LogP contribution in [0.3, 0.4) is 0 Å². The summed E-state index contributed by atoms with van der Waals surface area (Å²) >= 11 is 0.